The topological polar surface area (TPSA) is 75.7 Å². The van der Waals surface area contributed by atoms with E-state index in [1.165, 1.54) is 35.7 Å². The number of carbonyl (C=O) groups excluding carboxylic acids is 1. The smallest absolute Gasteiger partial charge is 0.259 e. The van der Waals surface area contributed by atoms with Crippen molar-refractivity contribution < 1.29 is 26.7 Å². The SMILES string of the molecule is COc1ccc(S(=O)(=O)N2CCCCC2)cc1C(=O)Nc1ccc(F)c(F)c1. The second-order valence-corrected chi connectivity index (χ2v) is 8.35. The number of anilines is 1. The van der Waals surface area contributed by atoms with Gasteiger partial charge in [0.15, 0.2) is 11.6 Å². The minimum atomic E-state index is -3.74. The monoisotopic (exact) mass is 410 g/mol. The standard InChI is InChI=1S/C19H20F2N2O4S/c1-27-18-8-6-14(28(25,26)23-9-3-2-4-10-23)12-15(18)19(24)22-13-5-7-16(20)17(21)11-13/h5-8,11-12H,2-4,9-10H2,1H3,(H,22,24). The lowest BCUT2D eigenvalue weighted by atomic mass is 10.1. The highest BCUT2D eigenvalue weighted by Gasteiger charge is 2.27. The second-order valence-electron chi connectivity index (χ2n) is 6.41. The Morgan fingerprint density at radius 2 is 1.75 bits per heavy atom. The Hall–Kier alpha value is -2.52. The second kappa shape index (κ2) is 8.24. The Morgan fingerprint density at radius 1 is 1.04 bits per heavy atom. The van der Waals surface area contributed by atoms with E-state index in [4.69, 9.17) is 4.74 Å². The van der Waals surface area contributed by atoms with Crippen LogP contribution >= 0.6 is 0 Å². The van der Waals surface area contributed by atoms with E-state index in [-0.39, 0.29) is 21.9 Å². The van der Waals surface area contributed by atoms with Crippen LogP contribution in [0.4, 0.5) is 14.5 Å². The van der Waals surface area contributed by atoms with Crippen LogP contribution in [0.5, 0.6) is 5.75 Å². The highest BCUT2D eigenvalue weighted by molar-refractivity contribution is 7.89. The third kappa shape index (κ3) is 4.15. The lowest BCUT2D eigenvalue weighted by Crippen LogP contribution is -2.35. The minimum absolute atomic E-state index is 0.0226. The van der Waals surface area contributed by atoms with Crippen LogP contribution in [0.25, 0.3) is 0 Å². The molecule has 1 saturated heterocycles. The van der Waals surface area contributed by atoms with Gasteiger partial charge in [0.05, 0.1) is 17.6 Å². The van der Waals surface area contributed by atoms with Crippen LogP contribution in [0.15, 0.2) is 41.3 Å². The molecule has 1 amide bonds. The number of sulfonamides is 1. The van der Waals surface area contributed by atoms with Gasteiger partial charge in [-0.2, -0.15) is 4.31 Å². The van der Waals surface area contributed by atoms with Gasteiger partial charge in [0.1, 0.15) is 5.75 Å². The lowest BCUT2D eigenvalue weighted by molar-refractivity contribution is 0.102. The molecule has 2 aromatic carbocycles. The van der Waals surface area contributed by atoms with E-state index in [1.807, 2.05) is 0 Å². The van der Waals surface area contributed by atoms with Crippen LogP contribution in [0, 0.1) is 11.6 Å². The number of hydrogen-bond donors (Lipinski definition) is 1. The Bertz CT molecular complexity index is 989. The summed E-state index contributed by atoms with van der Waals surface area (Å²) in [7, 11) is -2.39. The summed E-state index contributed by atoms with van der Waals surface area (Å²) in [6, 6.07) is 6.96. The van der Waals surface area contributed by atoms with Crippen molar-refractivity contribution in [1.29, 1.82) is 0 Å². The molecule has 0 spiro atoms. The van der Waals surface area contributed by atoms with E-state index in [0.717, 1.165) is 31.4 Å². The number of ether oxygens (including phenoxy) is 1. The maximum atomic E-state index is 13.4. The summed E-state index contributed by atoms with van der Waals surface area (Å²) in [6.07, 6.45) is 2.56. The molecule has 6 nitrogen and oxygen atoms in total. The summed E-state index contributed by atoms with van der Waals surface area (Å²) in [6.45, 7) is 0.871. The Morgan fingerprint density at radius 3 is 2.39 bits per heavy atom. The van der Waals surface area contributed by atoms with E-state index in [0.29, 0.717) is 13.1 Å². The molecule has 0 saturated carbocycles. The predicted molar refractivity (Wildman–Crippen MR) is 99.9 cm³/mol. The van der Waals surface area contributed by atoms with Crippen molar-refractivity contribution >= 4 is 21.6 Å². The summed E-state index contributed by atoms with van der Waals surface area (Å²) in [5.74, 6) is -2.67. The third-order valence-electron chi connectivity index (χ3n) is 4.55. The molecule has 0 aliphatic carbocycles. The van der Waals surface area contributed by atoms with Crippen molar-refractivity contribution in [2.45, 2.75) is 24.2 Å². The number of hydrogen-bond acceptors (Lipinski definition) is 4. The average molecular weight is 410 g/mol. The number of benzene rings is 2. The van der Waals surface area contributed by atoms with Crippen molar-refractivity contribution in [3.8, 4) is 5.75 Å². The summed E-state index contributed by atoms with van der Waals surface area (Å²) in [4.78, 5) is 12.6. The quantitative estimate of drug-likeness (QED) is 0.820. The van der Waals surface area contributed by atoms with Crippen molar-refractivity contribution in [2.24, 2.45) is 0 Å². The zero-order valence-corrected chi connectivity index (χ0v) is 16.1. The average Bonchev–Trinajstić information content (AvgIpc) is 2.70. The summed E-state index contributed by atoms with van der Waals surface area (Å²) in [5, 5.41) is 2.43. The Labute approximate surface area is 162 Å². The van der Waals surface area contributed by atoms with Crippen LogP contribution in [-0.2, 0) is 10.0 Å². The molecule has 2 aromatic rings. The van der Waals surface area contributed by atoms with Gasteiger partial charge in [0.25, 0.3) is 5.91 Å². The zero-order chi connectivity index (χ0) is 20.3. The summed E-state index contributed by atoms with van der Waals surface area (Å²) >= 11 is 0. The summed E-state index contributed by atoms with van der Waals surface area (Å²) in [5.41, 5.74) is 0.0144. The Kier molecular flexibility index (Phi) is 5.95. The van der Waals surface area contributed by atoms with Gasteiger partial charge >= 0.3 is 0 Å². The van der Waals surface area contributed by atoms with Crippen LogP contribution in [-0.4, -0.2) is 38.8 Å². The molecule has 150 valence electrons. The summed E-state index contributed by atoms with van der Waals surface area (Å²) < 4.78 is 58.7. The van der Waals surface area contributed by atoms with Crippen molar-refractivity contribution in [1.82, 2.24) is 4.31 Å². The fraction of sp³-hybridized carbons (Fsp3) is 0.316. The highest BCUT2D eigenvalue weighted by Crippen LogP contribution is 2.27. The third-order valence-corrected chi connectivity index (χ3v) is 6.44. The van der Waals surface area contributed by atoms with Gasteiger partial charge in [0.2, 0.25) is 10.0 Å². The molecule has 28 heavy (non-hydrogen) atoms. The Balaban J connectivity index is 1.92. The first kappa shape index (κ1) is 20.2. The molecule has 0 aromatic heterocycles. The van der Waals surface area contributed by atoms with Crippen LogP contribution in [0.2, 0.25) is 0 Å². The molecule has 0 atom stereocenters. The molecule has 1 fully saturated rings. The van der Waals surface area contributed by atoms with Gasteiger partial charge in [-0.25, -0.2) is 17.2 Å². The number of carbonyl (C=O) groups is 1. The maximum Gasteiger partial charge on any atom is 0.259 e. The van der Waals surface area contributed by atoms with Gasteiger partial charge in [-0.15, -0.1) is 0 Å². The molecule has 1 N–H and O–H groups in total. The first-order valence-electron chi connectivity index (χ1n) is 8.77. The first-order chi connectivity index (χ1) is 13.3. The fourth-order valence-corrected chi connectivity index (χ4v) is 4.60. The molecule has 1 aliphatic heterocycles. The minimum Gasteiger partial charge on any atom is -0.496 e. The number of nitrogens with one attached hydrogen (secondary N) is 1. The van der Waals surface area contributed by atoms with Crippen molar-refractivity contribution in [3.63, 3.8) is 0 Å². The molecule has 0 bridgehead atoms. The molecule has 1 aliphatic rings. The van der Waals surface area contributed by atoms with E-state index >= 15 is 0 Å². The van der Waals surface area contributed by atoms with E-state index in [9.17, 15) is 22.0 Å². The predicted octanol–water partition coefficient (Wildman–Crippen LogP) is 3.40. The van der Waals surface area contributed by atoms with Crippen LogP contribution in [0.3, 0.4) is 0 Å². The van der Waals surface area contributed by atoms with Gasteiger partial charge in [-0.05, 0) is 43.2 Å². The van der Waals surface area contributed by atoms with Crippen molar-refractivity contribution in [2.75, 3.05) is 25.5 Å². The number of piperidine rings is 1. The van der Waals surface area contributed by atoms with Gasteiger partial charge in [-0.3, -0.25) is 4.79 Å². The fourth-order valence-electron chi connectivity index (χ4n) is 3.05. The number of nitrogens with zero attached hydrogens (tertiary/aromatic N) is 1. The number of rotatable bonds is 5. The first-order valence-corrected chi connectivity index (χ1v) is 10.2. The molecule has 3 rings (SSSR count). The van der Waals surface area contributed by atoms with E-state index in [1.54, 1.807) is 0 Å². The number of methoxy groups -OCH3 is 1. The molecular formula is C19H20F2N2O4S. The lowest BCUT2D eigenvalue weighted by Gasteiger charge is -2.26. The van der Waals surface area contributed by atoms with Gasteiger partial charge < -0.3 is 10.1 Å². The molecule has 0 radical (unpaired) electrons. The van der Waals surface area contributed by atoms with Crippen molar-refractivity contribution in [3.05, 3.63) is 53.6 Å². The largest absolute Gasteiger partial charge is 0.496 e. The van der Waals surface area contributed by atoms with Gasteiger partial charge in [-0.1, -0.05) is 6.42 Å². The maximum absolute atomic E-state index is 13.4. The molecular weight excluding hydrogens is 390 g/mol. The normalized spacial score (nSPS) is 15.2. The highest BCUT2D eigenvalue weighted by atomic mass is 32.2. The zero-order valence-electron chi connectivity index (χ0n) is 15.2. The van der Waals surface area contributed by atoms with Crippen LogP contribution in [0.1, 0.15) is 29.6 Å². The van der Waals surface area contributed by atoms with Crippen LogP contribution < -0.4 is 10.1 Å². The molecule has 9 heteroatoms. The molecule has 0 unspecified atom stereocenters. The van der Waals surface area contributed by atoms with E-state index < -0.39 is 27.6 Å². The number of halogens is 2. The molecule has 1 heterocycles. The number of amides is 1. The van der Waals surface area contributed by atoms with Gasteiger partial charge in [0, 0.05) is 24.8 Å². The van der Waals surface area contributed by atoms with E-state index in [2.05, 4.69) is 5.32 Å².